The zero-order chi connectivity index (χ0) is 29.7. The summed E-state index contributed by atoms with van der Waals surface area (Å²) in [6, 6.07) is 6.85. The topological polar surface area (TPSA) is 109 Å². The van der Waals surface area contributed by atoms with Crippen molar-refractivity contribution in [1.82, 2.24) is 39.7 Å². The molecule has 3 aromatic heterocycles. The molecule has 11 heteroatoms. The van der Waals surface area contributed by atoms with Crippen LogP contribution in [0.3, 0.4) is 0 Å². The van der Waals surface area contributed by atoms with Crippen LogP contribution < -0.4 is 5.32 Å². The highest BCUT2D eigenvalue weighted by molar-refractivity contribution is 5.99. The molecule has 1 amide bonds. The number of carbonyl (C=O) groups excluding carboxylic acids is 1. The summed E-state index contributed by atoms with van der Waals surface area (Å²) in [6.07, 6.45) is 10.1. The van der Waals surface area contributed by atoms with Gasteiger partial charge >= 0.3 is 0 Å². The number of carbonyl (C=O) groups is 1. The normalized spacial score (nSPS) is 25.8. The summed E-state index contributed by atoms with van der Waals surface area (Å²) in [4.78, 5) is 29.0. The molecule has 1 aliphatic carbocycles. The number of imidazole rings is 1. The van der Waals surface area contributed by atoms with E-state index in [2.05, 4.69) is 34.3 Å². The maximum Gasteiger partial charge on any atom is 0.272 e. The third-order valence-corrected chi connectivity index (χ3v) is 9.83. The van der Waals surface area contributed by atoms with Crippen molar-refractivity contribution >= 4 is 22.8 Å². The number of aromatic nitrogens is 6. The highest BCUT2D eigenvalue weighted by Gasteiger charge is 2.48. The van der Waals surface area contributed by atoms with E-state index in [1.54, 1.807) is 23.1 Å². The minimum atomic E-state index is -0.362. The molecule has 226 valence electrons. The molecule has 2 aliphatic heterocycles. The number of hydrogen-bond acceptors (Lipinski definition) is 6. The molecule has 1 saturated heterocycles. The predicted octanol–water partition coefficient (Wildman–Crippen LogP) is 5.54. The summed E-state index contributed by atoms with van der Waals surface area (Å²) in [5.41, 5.74) is 2.69. The zero-order valence-corrected chi connectivity index (χ0v) is 25.2. The van der Waals surface area contributed by atoms with Gasteiger partial charge in [-0.2, -0.15) is 10.2 Å². The van der Waals surface area contributed by atoms with E-state index in [0.29, 0.717) is 53.5 Å². The van der Waals surface area contributed by atoms with Gasteiger partial charge in [0.05, 0.1) is 17.1 Å². The van der Waals surface area contributed by atoms with Gasteiger partial charge in [-0.1, -0.05) is 13.0 Å². The number of nitrogens with one attached hydrogen (secondary N) is 2. The van der Waals surface area contributed by atoms with Crippen molar-refractivity contribution in [2.45, 2.75) is 96.4 Å². The van der Waals surface area contributed by atoms with Crippen molar-refractivity contribution in [2.24, 2.45) is 10.9 Å². The van der Waals surface area contributed by atoms with Gasteiger partial charge in [-0.05, 0) is 82.9 Å². The van der Waals surface area contributed by atoms with Gasteiger partial charge in [0.2, 0.25) is 0 Å². The number of H-pyrrole nitrogens is 1. The second kappa shape index (κ2) is 10.9. The number of amidine groups is 1. The van der Waals surface area contributed by atoms with Gasteiger partial charge in [0, 0.05) is 37.6 Å². The highest BCUT2D eigenvalue weighted by atomic mass is 19.1. The SMILES string of the molecule is CCn1nccc1C(=O)N1CCCCC1c1ccc2[nH]c(C3N=C(c4ccnn4CC)NC34CCC(C)CC4)nc2c1F. The van der Waals surface area contributed by atoms with Gasteiger partial charge in [0.1, 0.15) is 34.6 Å². The fraction of sp³-hybridized carbons (Fsp3) is 0.531. The summed E-state index contributed by atoms with van der Waals surface area (Å²) in [5, 5.41) is 12.5. The molecule has 0 bridgehead atoms. The number of fused-ring (bicyclic) bond motifs is 1. The van der Waals surface area contributed by atoms with Gasteiger partial charge in [-0.3, -0.25) is 19.2 Å². The molecule has 2 atom stereocenters. The number of halogens is 1. The molecule has 3 aliphatic rings. The molecular formula is C32H40FN9O. The van der Waals surface area contributed by atoms with Gasteiger partial charge < -0.3 is 15.2 Å². The van der Waals surface area contributed by atoms with Gasteiger partial charge in [-0.15, -0.1) is 0 Å². The maximum atomic E-state index is 16.5. The van der Waals surface area contributed by atoms with Crippen LogP contribution in [0.5, 0.6) is 0 Å². The molecule has 43 heavy (non-hydrogen) atoms. The van der Waals surface area contributed by atoms with Crippen LogP contribution in [0.25, 0.3) is 11.0 Å². The van der Waals surface area contributed by atoms with Crippen LogP contribution in [-0.2, 0) is 13.1 Å². The summed E-state index contributed by atoms with van der Waals surface area (Å²) in [5.74, 6) is 1.69. The van der Waals surface area contributed by atoms with E-state index in [1.807, 2.05) is 34.7 Å². The number of piperidine rings is 1. The van der Waals surface area contributed by atoms with E-state index in [-0.39, 0.29) is 29.3 Å². The molecule has 1 saturated carbocycles. The van der Waals surface area contributed by atoms with E-state index >= 15 is 4.39 Å². The molecule has 2 N–H and O–H groups in total. The molecule has 4 aromatic rings. The first-order valence-corrected chi connectivity index (χ1v) is 15.8. The standard InChI is InChI=1S/C32H40FN9O/c1-4-41-24(13-17-34-41)29-38-28(32(39-29)15-11-20(3)12-16-32)30-36-22-10-9-21(26(33)27(22)37-30)23-8-6-7-19-40(23)31(43)25-14-18-35-42(25)5-2/h9-10,13-14,17-18,20,23,28H,4-8,11-12,15-16,19H2,1-3H3,(H,36,37)(H,38,39). The number of aryl methyl sites for hydroxylation is 2. The van der Waals surface area contributed by atoms with Crippen molar-refractivity contribution in [1.29, 1.82) is 0 Å². The Morgan fingerprint density at radius 3 is 2.58 bits per heavy atom. The van der Waals surface area contributed by atoms with E-state index in [0.717, 1.165) is 56.6 Å². The van der Waals surface area contributed by atoms with Gasteiger partial charge in [0.15, 0.2) is 5.82 Å². The van der Waals surface area contributed by atoms with Gasteiger partial charge in [-0.25, -0.2) is 9.37 Å². The van der Waals surface area contributed by atoms with Crippen molar-refractivity contribution < 1.29 is 9.18 Å². The number of amides is 1. The monoisotopic (exact) mass is 585 g/mol. The van der Waals surface area contributed by atoms with Crippen molar-refractivity contribution in [2.75, 3.05) is 6.54 Å². The maximum absolute atomic E-state index is 16.5. The Kier molecular flexibility index (Phi) is 7.05. The summed E-state index contributed by atoms with van der Waals surface area (Å²) < 4.78 is 20.1. The minimum absolute atomic E-state index is 0.107. The van der Waals surface area contributed by atoms with Crippen LogP contribution in [0.2, 0.25) is 0 Å². The Morgan fingerprint density at radius 1 is 1.02 bits per heavy atom. The van der Waals surface area contributed by atoms with Crippen LogP contribution in [0.15, 0.2) is 41.7 Å². The van der Waals surface area contributed by atoms with Crippen LogP contribution in [0.1, 0.15) is 105 Å². The fourth-order valence-corrected chi connectivity index (χ4v) is 7.38. The molecule has 5 heterocycles. The number of aromatic amines is 1. The van der Waals surface area contributed by atoms with E-state index in [1.165, 1.54) is 0 Å². The van der Waals surface area contributed by atoms with Crippen LogP contribution in [-0.4, -0.2) is 58.3 Å². The van der Waals surface area contributed by atoms with Crippen LogP contribution in [0.4, 0.5) is 4.39 Å². The fourth-order valence-electron chi connectivity index (χ4n) is 7.38. The van der Waals surface area contributed by atoms with Crippen molar-refractivity contribution in [3.63, 3.8) is 0 Å². The third-order valence-electron chi connectivity index (χ3n) is 9.83. The van der Waals surface area contributed by atoms with E-state index in [9.17, 15) is 4.79 Å². The number of likely N-dealkylation sites (tertiary alicyclic amines) is 1. The number of hydrogen-bond donors (Lipinski definition) is 2. The number of benzene rings is 1. The predicted molar refractivity (Wildman–Crippen MR) is 162 cm³/mol. The lowest BCUT2D eigenvalue weighted by Crippen LogP contribution is -2.50. The van der Waals surface area contributed by atoms with Gasteiger partial charge in [0.25, 0.3) is 5.91 Å². The number of aliphatic imine (C=N–C) groups is 1. The highest BCUT2D eigenvalue weighted by Crippen LogP contribution is 2.46. The lowest BCUT2D eigenvalue weighted by atomic mass is 9.73. The zero-order valence-electron chi connectivity index (χ0n) is 25.2. The first-order chi connectivity index (χ1) is 20.9. The van der Waals surface area contributed by atoms with E-state index in [4.69, 9.17) is 9.98 Å². The van der Waals surface area contributed by atoms with E-state index < -0.39 is 0 Å². The quantitative estimate of drug-likeness (QED) is 0.309. The lowest BCUT2D eigenvalue weighted by Gasteiger charge is -2.39. The molecule has 0 radical (unpaired) electrons. The largest absolute Gasteiger partial charge is 0.360 e. The smallest absolute Gasteiger partial charge is 0.272 e. The van der Waals surface area contributed by atoms with Crippen molar-refractivity contribution in [3.8, 4) is 0 Å². The molecule has 10 nitrogen and oxygen atoms in total. The van der Waals surface area contributed by atoms with Crippen LogP contribution >= 0.6 is 0 Å². The summed E-state index contributed by atoms with van der Waals surface area (Å²) in [6.45, 7) is 8.27. The molecule has 1 spiro atoms. The summed E-state index contributed by atoms with van der Waals surface area (Å²) in [7, 11) is 0. The van der Waals surface area contributed by atoms with Crippen LogP contribution in [0, 0.1) is 11.7 Å². The average molecular weight is 586 g/mol. The Labute approximate surface area is 250 Å². The first kappa shape index (κ1) is 27.8. The molecule has 7 rings (SSSR count). The molecule has 2 fully saturated rings. The summed E-state index contributed by atoms with van der Waals surface area (Å²) >= 11 is 0. The molecular weight excluding hydrogens is 545 g/mol. The molecule has 2 unspecified atom stereocenters. The number of rotatable bonds is 6. The Hall–Kier alpha value is -4.02. The Balaban J connectivity index is 1.26. The Bertz CT molecular complexity index is 1670. The second-order valence-electron chi connectivity index (χ2n) is 12.4. The third kappa shape index (κ3) is 4.64. The average Bonchev–Trinajstić information content (AvgIpc) is 3.84. The molecule has 1 aromatic carbocycles. The number of nitrogens with zero attached hydrogens (tertiary/aromatic N) is 7. The van der Waals surface area contributed by atoms with Crippen molar-refractivity contribution in [3.05, 3.63) is 65.3 Å². The first-order valence-electron chi connectivity index (χ1n) is 15.8. The lowest BCUT2D eigenvalue weighted by molar-refractivity contribution is 0.0594. The second-order valence-corrected chi connectivity index (χ2v) is 12.4. The Morgan fingerprint density at radius 2 is 1.79 bits per heavy atom. The minimum Gasteiger partial charge on any atom is -0.360 e.